The molecule has 0 radical (unpaired) electrons. The molecule has 1 heterocycles. The quantitative estimate of drug-likeness (QED) is 0.789. The summed E-state index contributed by atoms with van der Waals surface area (Å²) in [6.45, 7) is 0. The second-order valence-corrected chi connectivity index (χ2v) is 6.20. The summed E-state index contributed by atoms with van der Waals surface area (Å²) in [6.07, 6.45) is 3.69. The van der Waals surface area contributed by atoms with Crippen molar-refractivity contribution in [3.63, 3.8) is 0 Å². The van der Waals surface area contributed by atoms with Gasteiger partial charge in [0.2, 0.25) is 0 Å². The summed E-state index contributed by atoms with van der Waals surface area (Å²) < 4.78 is 1.03. The van der Waals surface area contributed by atoms with Gasteiger partial charge in [0.1, 0.15) is 5.82 Å². The Hall–Kier alpha value is -1.82. The lowest BCUT2D eigenvalue weighted by Gasteiger charge is -2.17. The largest absolute Gasteiger partial charge is 0.465 e. The molecule has 2 atom stereocenters. The van der Waals surface area contributed by atoms with Crippen LogP contribution in [0.3, 0.4) is 0 Å². The molecule has 110 valence electrons. The van der Waals surface area contributed by atoms with Crippen LogP contribution in [-0.2, 0) is 0 Å². The van der Waals surface area contributed by atoms with Gasteiger partial charge in [0, 0.05) is 16.4 Å². The molecule has 2 aromatic rings. The number of halogens is 1. The number of carboxylic acid groups (broad SMARTS) is 1. The SMILES string of the molecule is O=C(O)N[C@@H]1CCC[C@@H]1c1ncc(-c2ccc(Br)cc2)[nH]1. The number of nitrogens with one attached hydrogen (secondary N) is 2. The van der Waals surface area contributed by atoms with Crippen molar-refractivity contribution in [1.82, 2.24) is 15.3 Å². The van der Waals surface area contributed by atoms with Crippen LogP contribution >= 0.6 is 15.9 Å². The Kier molecular flexibility index (Phi) is 3.96. The van der Waals surface area contributed by atoms with E-state index in [9.17, 15) is 4.79 Å². The van der Waals surface area contributed by atoms with Gasteiger partial charge in [-0.15, -0.1) is 0 Å². The fourth-order valence-electron chi connectivity index (χ4n) is 2.92. The second-order valence-electron chi connectivity index (χ2n) is 5.28. The maximum Gasteiger partial charge on any atom is 0.404 e. The molecular weight excluding hydrogens is 334 g/mol. The van der Waals surface area contributed by atoms with Crippen LogP contribution in [0.4, 0.5) is 4.79 Å². The number of hydrogen-bond acceptors (Lipinski definition) is 2. The maximum absolute atomic E-state index is 10.8. The molecule has 6 heteroatoms. The van der Waals surface area contributed by atoms with Crippen LogP contribution in [0, 0.1) is 0 Å². The highest BCUT2D eigenvalue weighted by molar-refractivity contribution is 9.10. The Labute approximate surface area is 130 Å². The van der Waals surface area contributed by atoms with Gasteiger partial charge >= 0.3 is 6.09 Å². The molecule has 1 saturated carbocycles. The van der Waals surface area contributed by atoms with E-state index in [4.69, 9.17) is 5.11 Å². The van der Waals surface area contributed by atoms with Crippen molar-refractivity contribution in [3.8, 4) is 11.3 Å². The summed E-state index contributed by atoms with van der Waals surface area (Å²) in [5.74, 6) is 0.995. The highest BCUT2D eigenvalue weighted by Crippen LogP contribution is 2.34. The standard InChI is InChI=1S/C15H16BrN3O2/c16-10-6-4-9(5-7-10)13-8-17-14(18-13)11-2-1-3-12(11)19-15(20)21/h4-8,11-12,19H,1-3H2,(H,17,18)(H,20,21)/t11-,12+/m0/s1. The number of carbonyl (C=O) groups is 1. The molecule has 0 bridgehead atoms. The highest BCUT2D eigenvalue weighted by atomic mass is 79.9. The summed E-state index contributed by atoms with van der Waals surface area (Å²) in [4.78, 5) is 18.6. The smallest absolute Gasteiger partial charge is 0.404 e. The molecule has 0 aliphatic heterocycles. The van der Waals surface area contributed by atoms with Crippen LogP contribution in [0.1, 0.15) is 31.0 Å². The van der Waals surface area contributed by atoms with Crippen LogP contribution in [0.5, 0.6) is 0 Å². The van der Waals surface area contributed by atoms with Gasteiger partial charge in [-0.25, -0.2) is 9.78 Å². The first-order chi connectivity index (χ1) is 10.1. The van der Waals surface area contributed by atoms with Crippen molar-refractivity contribution in [3.05, 3.63) is 40.8 Å². The molecule has 0 unspecified atom stereocenters. The van der Waals surface area contributed by atoms with Gasteiger partial charge in [-0.1, -0.05) is 34.5 Å². The zero-order chi connectivity index (χ0) is 14.8. The van der Waals surface area contributed by atoms with Gasteiger partial charge in [0.25, 0.3) is 0 Å². The van der Waals surface area contributed by atoms with Crippen molar-refractivity contribution >= 4 is 22.0 Å². The van der Waals surface area contributed by atoms with E-state index in [0.29, 0.717) is 0 Å². The van der Waals surface area contributed by atoms with Crippen LogP contribution < -0.4 is 5.32 Å². The number of amides is 1. The van der Waals surface area contributed by atoms with Crippen LogP contribution in [0.2, 0.25) is 0 Å². The fourth-order valence-corrected chi connectivity index (χ4v) is 3.18. The first-order valence-electron chi connectivity index (χ1n) is 6.94. The van der Waals surface area contributed by atoms with E-state index in [2.05, 4.69) is 31.2 Å². The summed E-state index contributed by atoms with van der Waals surface area (Å²) in [5.41, 5.74) is 2.02. The molecule has 1 amide bonds. The lowest BCUT2D eigenvalue weighted by Crippen LogP contribution is -2.35. The predicted octanol–water partition coefficient (Wildman–Crippen LogP) is 3.74. The van der Waals surface area contributed by atoms with E-state index in [1.165, 1.54) is 0 Å². The summed E-state index contributed by atoms with van der Waals surface area (Å²) in [7, 11) is 0. The van der Waals surface area contributed by atoms with Gasteiger partial charge in [-0.05, 0) is 30.5 Å². The van der Waals surface area contributed by atoms with E-state index in [0.717, 1.165) is 40.8 Å². The molecule has 1 aromatic carbocycles. The number of aromatic amines is 1. The minimum atomic E-state index is -0.966. The Morgan fingerprint density at radius 3 is 2.81 bits per heavy atom. The molecule has 5 nitrogen and oxygen atoms in total. The first kappa shape index (κ1) is 14.1. The normalized spacial score (nSPS) is 21.4. The number of aromatic nitrogens is 2. The van der Waals surface area contributed by atoms with Gasteiger partial charge in [-0.2, -0.15) is 0 Å². The monoisotopic (exact) mass is 349 g/mol. The Morgan fingerprint density at radius 2 is 2.10 bits per heavy atom. The third kappa shape index (κ3) is 3.10. The highest BCUT2D eigenvalue weighted by Gasteiger charge is 2.31. The lowest BCUT2D eigenvalue weighted by atomic mass is 10.0. The van der Waals surface area contributed by atoms with Crippen molar-refractivity contribution in [1.29, 1.82) is 0 Å². The number of H-pyrrole nitrogens is 1. The molecule has 1 aliphatic carbocycles. The number of imidazole rings is 1. The van der Waals surface area contributed by atoms with Crippen LogP contribution in [0.25, 0.3) is 11.3 Å². The van der Waals surface area contributed by atoms with Crippen molar-refractivity contribution in [2.24, 2.45) is 0 Å². The average molecular weight is 350 g/mol. The first-order valence-corrected chi connectivity index (χ1v) is 7.73. The lowest BCUT2D eigenvalue weighted by molar-refractivity contribution is 0.188. The number of hydrogen-bond donors (Lipinski definition) is 3. The molecule has 0 saturated heterocycles. The summed E-state index contributed by atoms with van der Waals surface area (Å²) in [6, 6.07) is 7.96. The number of rotatable bonds is 3. The predicted molar refractivity (Wildman–Crippen MR) is 83.3 cm³/mol. The summed E-state index contributed by atoms with van der Waals surface area (Å²) >= 11 is 3.42. The van der Waals surface area contributed by atoms with Crippen molar-refractivity contribution in [2.45, 2.75) is 31.2 Å². The Balaban J connectivity index is 1.81. The van der Waals surface area contributed by atoms with Crippen molar-refractivity contribution in [2.75, 3.05) is 0 Å². The third-order valence-corrected chi connectivity index (χ3v) is 4.46. The molecule has 3 N–H and O–H groups in total. The molecule has 0 spiro atoms. The van der Waals surface area contributed by atoms with Gasteiger partial charge < -0.3 is 15.4 Å². The molecule has 1 aliphatic rings. The Bertz CT molecular complexity index is 639. The van der Waals surface area contributed by atoms with Crippen molar-refractivity contribution < 1.29 is 9.90 Å². The van der Waals surface area contributed by atoms with E-state index in [1.54, 1.807) is 0 Å². The average Bonchev–Trinajstić information content (AvgIpc) is 3.07. The summed E-state index contributed by atoms with van der Waals surface area (Å²) in [5, 5.41) is 11.5. The zero-order valence-corrected chi connectivity index (χ0v) is 12.9. The zero-order valence-electron chi connectivity index (χ0n) is 11.3. The molecular formula is C15H16BrN3O2. The van der Waals surface area contributed by atoms with E-state index >= 15 is 0 Å². The number of benzene rings is 1. The molecule has 21 heavy (non-hydrogen) atoms. The number of nitrogens with zero attached hydrogens (tertiary/aromatic N) is 1. The van der Waals surface area contributed by atoms with E-state index in [-0.39, 0.29) is 12.0 Å². The molecule has 3 rings (SSSR count). The van der Waals surface area contributed by atoms with Gasteiger partial charge in [0.15, 0.2) is 0 Å². The fraction of sp³-hybridized carbons (Fsp3) is 0.333. The maximum atomic E-state index is 10.8. The van der Waals surface area contributed by atoms with Gasteiger partial charge in [-0.3, -0.25) is 0 Å². The second kappa shape index (κ2) is 5.89. The van der Waals surface area contributed by atoms with Crippen LogP contribution in [0.15, 0.2) is 34.9 Å². The van der Waals surface area contributed by atoms with Crippen LogP contribution in [-0.4, -0.2) is 27.2 Å². The van der Waals surface area contributed by atoms with E-state index in [1.807, 2.05) is 30.5 Å². The topological polar surface area (TPSA) is 78.0 Å². The minimum Gasteiger partial charge on any atom is -0.465 e. The van der Waals surface area contributed by atoms with Gasteiger partial charge in [0.05, 0.1) is 11.9 Å². The van der Waals surface area contributed by atoms with E-state index < -0.39 is 6.09 Å². The Morgan fingerprint density at radius 1 is 1.33 bits per heavy atom. The third-order valence-electron chi connectivity index (χ3n) is 3.93. The molecule has 1 fully saturated rings. The molecule has 1 aromatic heterocycles. The minimum absolute atomic E-state index is 0.0496.